The minimum Gasteiger partial charge on any atom is -0.518 e. The number of aromatic nitrogens is 2. The number of benzene rings is 3. The smallest absolute Gasteiger partial charge is 0.518 e. The van der Waals surface area contributed by atoms with Crippen molar-refractivity contribution in [2.75, 3.05) is 6.61 Å². The number of nitrogens with zero attached hydrogens (tertiary/aromatic N) is 3. The number of fused-ring (bicyclic) bond motifs is 3. The SMILES string of the molecule is Cc1cc(Oc2[c-]c3c(cc2)c2cc(C)ccc2n3-c2cc(C(C)(C)C)ccn2)[c-]c(C2=N[C@H](C)CO2)c1.[Pt+2]. The van der Waals surface area contributed by atoms with Gasteiger partial charge in [0.1, 0.15) is 11.7 Å². The van der Waals surface area contributed by atoms with Crippen molar-refractivity contribution in [1.82, 2.24) is 9.55 Å². The van der Waals surface area contributed by atoms with Crippen LogP contribution in [0.15, 0.2) is 65.8 Å². The molecule has 0 aliphatic carbocycles. The summed E-state index contributed by atoms with van der Waals surface area (Å²) in [7, 11) is 0. The summed E-state index contributed by atoms with van der Waals surface area (Å²) in [5, 5.41) is 2.27. The zero-order chi connectivity index (χ0) is 26.6. The van der Waals surface area contributed by atoms with Crippen molar-refractivity contribution in [2.24, 2.45) is 4.99 Å². The van der Waals surface area contributed by atoms with E-state index in [1.807, 2.05) is 38.2 Å². The molecule has 0 spiro atoms. The summed E-state index contributed by atoms with van der Waals surface area (Å²) >= 11 is 0. The predicted molar refractivity (Wildman–Crippen MR) is 153 cm³/mol. The van der Waals surface area contributed by atoms with Gasteiger partial charge in [-0.1, -0.05) is 68.6 Å². The van der Waals surface area contributed by atoms with E-state index in [1.165, 1.54) is 16.5 Å². The molecule has 0 bridgehead atoms. The van der Waals surface area contributed by atoms with Crippen LogP contribution in [0, 0.1) is 26.0 Å². The Morgan fingerprint density at radius 2 is 1.74 bits per heavy atom. The zero-order valence-electron chi connectivity index (χ0n) is 23.0. The molecule has 0 saturated carbocycles. The van der Waals surface area contributed by atoms with Crippen LogP contribution in [-0.2, 0) is 31.2 Å². The van der Waals surface area contributed by atoms with Gasteiger partial charge in [0.25, 0.3) is 0 Å². The minimum absolute atomic E-state index is 0. The monoisotopic (exact) mass is 696 g/mol. The van der Waals surface area contributed by atoms with Crippen molar-refractivity contribution >= 4 is 27.7 Å². The first-order chi connectivity index (χ1) is 18.2. The Labute approximate surface area is 244 Å². The third-order valence-corrected chi connectivity index (χ3v) is 6.88. The first kappa shape index (κ1) is 27.1. The maximum absolute atomic E-state index is 6.33. The second-order valence-electron chi connectivity index (χ2n) is 11.2. The Hall–Kier alpha value is -3.43. The van der Waals surface area contributed by atoms with E-state index in [-0.39, 0.29) is 32.5 Å². The predicted octanol–water partition coefficient (Wildman–Crippen LogP) is 7.65. The maximum atomic E-state index is 6.33. The van der Waals surface area contributed by atoms with Crippen LogP contribution in [-0.4, -0.2) is 28.1 Å². The Bertz CT molecular complexity index is 1730. The fourth-order valence-corrected chi connectivity index (χ4v) is 4.93. The third kappa shape index (κ3) is 5.25. The molecule has 2 aromatic heterocycles. The van der Waals surface area contributed by atoms with Crippen molar-refractivity contribution in [1.29, 1.82) is 0 Å². The van der Waals surface area contributed by atoms with E-state index in [4.69, 9.17) is 14.5 Å². The first-order valence-electron chi connectivity index (χ1n) is 13.0. The second-order valence-corrected chi connectivity index (χ2v) is 11.2. The Balaban J connectivity index is 0.00000308. The summed E-state index contributed by atoms with van der Waals surface area (Å²) in [6, 6.07) is 25.9. The van der Waals surface area contributed by atoms with Crippen molar-refractivity contribution in [3.05, 3.63) is 95.2 Å². The van der Waals surface area contributed by atoms with Crippen LogP contribution < -0.4 is 4.74 Å². The molecule has 5 aromatic rings. The molecular formula is C33H31N3O2Pt. The molecule has 0 saturated heterocycles. The molecule has 1 aliphatic heterocycles. The molecule has 0 fully saturated rings. The number of rotatable bonds is 4. The number of ether oxygens (including phenoxy) is 2. The van der Waals surface area contributed by atoms with E-state index in [1.54, 1.807) is 0 Å². The molecule has 5 nitrogen and oxygen atoms in total. The largest absolute Gasteiger partial charge is 2.00 e. The average Bonchev–Trinajstić information content (AvgIpc) is 3.44. The normalized spacial score (nSPS) is 15.2. The quantitative estimate of drug-likeness (QED) is 0.182. The van der Waals surface area contributed by atoms with Crippen LogP contribution in [0.1, 0.15) is 49.9 Å². The van der Waals surface area contributed by atoms with E-state index in [9.17, 15) is 0 Å². The number of pyridine rings is 1. The van der Waals surface area contributed by atoms with Crippen molar-refractivity contribution < 1.29 is 30.5 Å². The van der Waals surface area contributed by atoms with Crippen LogP contribution in [0.2, 0.25) is 0 Å². The average molecular weight is 697 g/mol. The topological polar surface area (TPSA) is 48.6 Å². The summed E-state index contributed by atoms with van der Waals surface area (Å²) in [6.07, 6.45) is 1.89. The molecule has 6 rings (SSSR count). The van der Waals surface area contributed by atoms with Crippen LogP contribution in [0.3, 0.4) is 0 Å². The summed E-state index contributed by atoms with van der Waals surface area (Å²) in [6.45, 7) is 13.4. The summed E-state index contributed by atoms with van der Waals surface area (Å²) in [5.41, 5.74) is 6.31. The van der Waals surface area contributed by atoms with E-state index in [0.29, 0.717) is 24.0 Å². The molecule has 0 amide bonds. The number of hydrogen-bond donors (Lipinski definition) is 0. The van der Waals surface area contributed by atoms with Crippen LogP contribution in [0.5, 0.6) is 11.5 Å². The van der Waals surface area contributed by atoms with Gasteiger partial charge in [0.15, 0.2) is 0 Å². The van der Waals surface area contributed by atoms with Crippen LogP contribution in [0.25, 0.3) is 27.6 Å². The Morgan fingerprint density at radius 1 is 0.923 bits per heavy atom. The van der Waals surface area contributed by atoms with Gasteiger partial charge in [0.05, 0.1) is 12.6 Å². The molecule has 0 N–H and O–H groups in total. The zero-order valence-corrected chi connectivity index (χ0v) is 25.3. The summed E-state index contributed by atoms with van der Waals surface area (Å²) in [4.78, 5) is 9.35. The van der Waals surface area contributed by atoms with Gasteiger partial charge in [-0.05, 0) is 48.4 Å². The van der Waals surface area contributed by atoms with Gasteiger partial charge >= 0.3 is 21.1 Å². The molecule has 0 unspecified atom stereocenters. The molecule has 6 heteroatoms. The van der Waals surface area contributed by atoms with Crippen LogP contribution >= 0.6 is 0 Å². The molecular weight excluding hydrogens is 665 g/mol. The Morgan fingerprint density at radius 3 is 2.49 bits per heavy atom. The molecule has 200 valence electrons. The summed E-state index contributed by atoms with van der Waals surface area (Å²) < 4.78 is 14.3. The third-order valence-electron chi connectivity index (χ3n) is 6.88. The fraction of sp³-hybridized carbons (Fsp3) is 0.273. The molecule has 0 radical (unpaired) electrons. The van der Waals surface area contributed by atoms with Gasteiger partial charge in [-0.2, -0.15) is 6.07 Å². The van der Waals surface area contributed by atoms with E-state index in [0.717, 1.165) is 33.4 Å². The van der Waals surface area contributed by atoms with Gasteiger partial charge in [0.2, 0.25) is 0 Å². The van der Waals surface area contributed by atoms with E-state index < -0.39 is 0 Å². The molecule has 39 heavy (non-hydrogen) atoms. The second kappa shape index (κ2) is 10.3. The van der Waals surface area contributed by atoms with Crippen LogP contribution in [0.4, 0.5) is 0 Å². The number of aliphatic imine (C=N–C) groups is 1. The standard InChI is InChI=1S/C33H31N3O2.Pt/c1-20-7-10-29-28(15-20)27-9-8-25(18-30(27)36(29)31-17-24(11-12-34-31)33(4,5)6)38-26-14-21(2)13-23(16-26)32-35-22(3)19-37-32;/h7-15,17,22H,19H2,1-6H3;/q-2;+2/t22-;/m1./s1. The first-order valence-corrected chi connectivity index (χ1v) is 13.0. The minimum atomic E-state index is 0. The molecule has 1 aliphatic rings. The molecule has 3 aromatic carbocycles. The fourth-order valence-electron chi connectivity index (χ4n) is 4.93. The van der Waals surface area contributed by atoms with Gasteiger partial charge in [-0.25, -0.2) is 4.98 Å². The summed E-state index contributed by atoms with van der Waals surface area (Å²) in [5.74, 6) is 2.70. The van der Waals surface area contributed by atoms with E-state index in [2.05, 4.69) is 85.8 Å². The van der Waals surface area contributed by atoms with Gasteiger partial charge < -0.3 is 14.0 Å². The van der Waals surface area contributed by atoms with E-state index >= 15 is 0 Å². The number of hydrogen-bond acceptors (Lipinski definition) is 4. The Kier molecular flexibility index (Phi) is 7.15. The van der Waals surface area contributed by atoms with Gasteiger partial charge in [-0.15, -0.1) is 29.1 Å². The molecule has 3 heterocycles. The van der Waals surface area contributed by atoms with Gasteiger partial charge in [-0.3, -0.25) is 4.99 Å². The van der Waals surface area contributed by atoms with Gasteiger partial charge in [0, 0.05) is 23.2 Å². The maximum Gasteiger partial charge on any atom is 2.00 e. The number of aryl methyl sites for hydroxylation is 2. The molecule has 1 atom stereocenters. The van der Waals surface area contributed by atoms with Crippen molar-refractivity contribution in [2.45, 2.75) is 53.0 Å². The van der Waals surface area contributed by atoms with Crippen molar-refractivity contribution in [3.63, 3.8) is 0 Å². The van der Waals surface area contributed by atoms with Crippen molar-refractivity contribution in [3.8, 4) is 17.3 Å².